The minimum Gasteiger partial charge on any atom is -0.481 e. The monoisotopic (exact) mass is 248 g/mol. The summed E-state index contributed by atoms with van der Waals surface area (Å²) in [5.41, 5.74) is 0.222. The molecule has 1 atom stereocenters. The Morgan fingerprint density at radius 1 is 1.28 bits per heavy atom. The lowest BCUT2D eigenvalue weighted by molar-refractivity contribution is -0.144. The van der Waals surface area contributed by atoms with Crippen LogP contribution in [0.1, 0.15) is 52.0 Å². The number of carboxylic acids is 1. The van der Waals surface area contributed by atoms with E-state index in [0.717, 1.165) is 24.8 Å². The maximum Gasteiger partial charge on any atom is 0.314 e. The van der Waals surface area contributed by atoms with Crippen LogP contribution in [-0.4, -0.2) is 11.1 Å². The molecule has 0 bridgehead atoms. The zero-order valence-corrected chi connectivity index (χ0v) is 11.6. The van der Waals surface area contributed by atoms with Crippen molar-refractivity contribution in [2.75, 3.05) is 0 Å². The van der Waals surface area contributed by atoms with Crippen molar-refractivity contribution >= 4 is 5.97 Å². The van der Waals surface area contributed by atoms with E-state index in [-0.39, 0.29) is 0 Å². The average Bonchev–Trinajstić information content (AvgIpc) is 2.35. The van der Waals surface area contributed by atoms with E-state index in [1.807, 2.05) is 37.3 Å². The summed E-state index contributed by atoms with van der Waals surface area (Å²) < 4.78 is 0. The Labute approximate surface area is 110 Å². The van der Waals surface area contributed by atoms with Crippen molar-refractivity contribution in [2.45, 2.75) is 51.9 Å². The molecule has 0 aliphatic rings. The predicted octanol–water partition coefficient (Wildman–Crippen LogP) is 4.25. The van der Waals surface area contributed by atoms with Crippen LogP contribution in [0.3, 0.4) is 0 Å². The summed E-state index contributed by atoms with van der Waals surface area (Å²) in [7, 11) is 0. The first-order valence-corrected chi connectivity index (χ1v) is 6.82. The van der Waals surface area contributed by atoms with Gasteiger partial charge in [-0.15, -0.1) is 0 Å². The van der Waals surface area contributed by atoms with Gasteiger partial charge in [-0.3, -0.25) is 4.79 Å². The van der Waals surface area contributed by atoms with Crippen molar-refractivity contribution in [1.29, 1.82) is 0 Å². The standard InChI is InChI=1S/C16H24O2/c1-4-16(15(17)18,12-8-9-13(2)3)14-10-6-5-7-11-14/h5-7,10-11,13H,4,8-9,12H2,1-3H3,(H,17,18). The van der Waals surface area contributed by atoms with Crippen molar-refractivity contribution in [3.8, 4) is 0 Å². The molecule has 0 aliphatic carbocycles. The highest BCUT2D eigenvalue weighted by Crippen LogP contribution is 2.34. The Balaban J connectivity index is 2.92. The first-order valence-electron chi connectivity index (χ1n) is 6.82. The van der Waals surface area contributed by atoms with Crippen molar-refractivity contribution in [3.05, 3.63) is 35.9 Å². The summed E-state index contributed by atoms with van der Waals surface area (Å²) in [4.78, 5) is 11.7. The fourth-order valence-electron chi connectivity index (χ4n) is 2.48. The van der Waals surface area contributed by atoms with Crippen molar-refractivity contribution in [2.24, 2.45) is 5.92 Å². The highest BCUT2D eigenvalue weighted by Gasteiger charge is 2.37. The number of rotatable bonds is 7. The summed E-state index contributed by atoms with van der Waals surface area (Å²) >= 11 is 0. The highest BCUT2D eigenvalue weighted by molar-refractivity contribution is 5.81. The van der Waals surface area contributed by atoms with E-state index in [1.54, 1.807) is 0 Å². The Morgan fingerprint density at radius 2 is 1.89 bits per heavy atom. The van der Waals surface area contributed by atoms with Crippen molar-refractivity contribution < 1.29 is 9.90 Å². The normalized spacial score (nSPS) is 14.4. The van der Waals surface area contributed by atoms with Gasteiger partial charge in [0, 0.05) is 0 Å². The predicted molar refractivity (Wildman–Crippen MR) is 74.7 cm³/mol. The molecule has 1 rings (SSSR count). The summed E-state index contributed by atoms with van der Waals surface area (Å²) in [6, 6.07) is 9.65. The summed E-state index contributed by atoms with van der Waals surface area (Å²) in [6.07, 6.45) is 3.42. The second-order valence-electron chi connectivity index (χ2n) is 5.39. The van der Waals surface area contributed by atoms with E-state index in [9.17, 15) is 9.90 Å². The van der Waals surface area contributed by atoms with E-state index in [1.165, 1.54) is 0 Å². The Hall–Kier alpha value is -1.31. The van der Waals surface area contributed by atoms with E-state index in [2.05, 4.69) is 13.8 Å². The number of hydrogen-bond acceptors (Lipinski definition) is 1. The number of carbonyl (C=O) groups is 1. The van der Waals surface area contributed by atoms with Crippen molar-refractivity contribution in [1.82, 2.24) is 0 Å². The lowest BCUT2D eigenvalue weighted by Gasteiger charge is -2.29. The van der Waals surface area contributed by atoms with Gasteiger partial charge in [-0.05, 0) is 24.3 Å². The van der Waals surface area contributed by atoms with Gasteiger partial charge in [0.1, 0.15) is 0 Å². The molecule has 1 aromatic rings. The SMILES string of the molecule is CCC(CCCC(C)C)(C(=O)O)c1ccccc1. The summed E-state index contributed by atoms with van der Waals surface area (Å²) in [5, 5.41) is 9.64. The van der Waals surface area contributed by atoms with Gasteiger partial charge in [0.2, 0.25) is 0 Å². The van der Waals surface area contributed by atoms with Crippen LogP contribution in [0.4, 0.5) is 0 Å². The second-order valence-corrected chi connectivity index (χ2v) is 5.39. The third-order valence-electron chi connectivity index (χ3n) is 3.72. The molecule has 0 aliphatic heterocycles. The average molecular weight is 248 g/mol. The zero-order chi connectivity index (χ0) is 13.6. The summed E-state index contributed by atoms with van der Waals surface area (Å²) in [6.45, 7) is 6.32. The van der Waals surface area contributed by atoms with Gasteiger partial charge in [0.15, 0.2) is 0 Å². The maximum atomic E-state index is 11.7. The van der Waals surface area contributed by atoms with Crippen molar-refractivity contribution in [3.63, 3.8) is 0 Å². The molecular formula is C16H24O2. The molecule has 0 spiro atoms. The van der Waals surface area contributed by atoms with Gasteiger partial charge in [-0.1, -0.05) is 63.9 Å². The number of hydrogen-bond donors (Lipinski definition) is 1. The Kier molecular flexibility index (Phi) is 5.39. The molecule has 2 heteroatoms. The molecule has 0 heterocycles. The van der Waals surface area contributed by atoms with Gasteiger partial charge in [0.05, 0.1) is 5.41 Å². The maximum absolute atomic E-state index is 11.7. The minimum atomic E-state index is -0.712. The van der Waals surface area contributed by atoms with Crippen LogP contribution in [0.5, 0.6) is 0 Å². The lowest BCUT2D eigenvalue weighted by Crippen LogP contribution is -2.35. The molecule has 0 aromatic heterocycles. The molecule has 0 saturated heterocycles. The third kappa shape index (κ3) is 3.34. The van der Waals surface area contributed by atoms with E-state index < -0.39 is 11.4 Å². The largest absolute Gasteiger partial charge is 0.481 e. The first-order chi connectivity index (χ1) is 8.53. The van der Waals surface area contributed by atoms with Gasteiger partial charge in [-0.25, -0.2) is 0 Å². The molecule has 0 amide bonds. The quantitative estimate of drug-likeness (QED) is 0.783. The molecular weight excluding hydrogens is 224 g/mol. The van der Waals surface area contributed by atoms with Crippen LogP contribution in [0.25, 0.3) is 0 Å². The number of aliphatic carboxylic acids is 1. The Bertz CT molecular complexity index is 370. The highest BCUT2D eigenvalue weighted by atomic mass is 16.4. The van der Waals surface area contributed by atoms with E-state index in [0.29, 0.717) is 12.3 Å². The first kappa shape index (κ1) is 14.7. The minimum absolute atomic E-state index is 0.629. The van der Waals surface area contributed by atoms with E-state index in [4.69, 9.17) is 0 Å². The van der Waals surface area contributed by atoms with Gasteiger partial charge < -0.3 is 5.11 Å². The van der Waals surface area contributed by atoms with Gasteiger partial charge >= 0.3 is 5.97 Å². The topological polar surface area (TPSA) is 37.3 Å². The smallest absolute Gasteiger partial charge is 0.314 e. The van der Waals surface area contributed by atoms with Crippen LogP contribution in [-0.2, 0) is 10.2 Å². The molecule has 2 nitrogen and oxygen atoms in total. The molecule has 18 heavy (non-hydrogen) atoms. The van der Waals surface area contributed by atoms with Gasteiger partial charge in [0.25, 0.3) is 0 Å². The second kappa shape index (κ2) is 6.58. The molecule has 100 valence electrons. The van der Waals surface area contributed by atoms with Crippen LogP contribution in [0, 0.1) is 5.92 Å². The molecule has 1 unspecified atom stereocenters. The van der Waals surface area contributed by atoms with Crippen LogP contribution >= 0.6 is 0 Å². The zero-order valence-electron chi connectivity index (χ0n) is 11.6. The number of benzene rings is 1. The van der Waals surface area contributed by atoms with Crippen LogP contribution in [0.2, 0.25) is 0 Å². The fourth-order valence-corrected chi connectivity index (χ4v) is 2.48. The Morgan fingerprint density at radius 3 is 2.33 bits per heavy atom. The van der Waals surface area contributed by atoms with Gasteiger partial charge in [-0.2, -0.15) is 0 Å². The molecule has 0 radical (unpaired) electrons. The summed E-state index contributed by atoms with van der Waals surface area (Å²) in [5.74, 6) is -0.0657. The molecule has 0 saturated carbocycles. The molecule has 1 aromatic carbocycles. The fraction of sp³-hybridized carbons (Fsp3) is 0.562. The van der Waals surface area contributed by atoms with Crippen LogP contribution in [0.15, 0.2) is 30.3 Å². The molecule has 0 fully saturated rings. The van der Waals surface area contributed by atoms with E-state index >= 15 is 0 Å². The number of carboxylic acid groups (broad SMARTS) is 1. The molecule has 1 N–H and O–H groups in total. The third-order valence-corrected chi connectivity index (χ3v) is 3.72. The lowest BCUT2D eigenvalue weighted by atomic mass is 9.74. The van der Waals surface area contributed by atoms with Crippen LogP contribution < -0.4 is 0 Å².